The predicted molar refractivity (Wildman–Crippen MR) is 74.8 cm³/mol. The van der Waals surface area contributed by atoms with Crippen LogP contribution in [0.1, 0.15) is 57.8 Å². The van der Waals surface area contributed by atoms with Crippen LogP contribution >= 0.6 is 0 Å². The summed E-state index contributed by atoms with van der Waals surface area (Å²) in [5.41, 5.74) is 0. The van der Waals surface area contributed by atoms with E-state index in [9.17, 15) is 0 Å². The molecule has 2 nitrogen and oxygen atoms in total. The molecule has 1 unspecified atom stereocenters. The molecule has 98 valence electrons. The van der Waals surface area contributed by atoms with E-state index in [1.165, 1.54) is 57.8 Å². The first-order valence-corrected chi connectivity index (χ1v) is 7.44. The van der Waals surface area contributed by atoms with E-state index in [4.69, 9.17) is 0 Å². The highest BCUT2D eigenvalue weighted by Crippen LogP contribution is 2.31. The van der Waals surface area contributed by atoms with E-state index in [-0.39, 0.29) is 0 Å². The SMILES string of the molecule is CN(C)C1CCC(CCC2CCCC=N2)CC1. The summed E-state index contributed by atoms with van der Waals surface area (Å²) in [7, 11) is 4.45. The lowest BCUT2D eigenvalue weighted by Gasteiger charge is -2.33. The minimum atomic E-state index is 0.662. The fourth-order valence-corrected chi connectivity index (χ4v) is 3.34. The van der Waals surface area contributed by atoms with Crippen LogP contribution in [0, 0.1) is 5.92 Å². The third-order valence-electron chi connectivity index (χ3n) is 4.64. The molecule has 0 amide bonds. The molecule has 0 aromatic rings. The van der Waals surface area contributed by atoms with Crippen molar-refractivity contribution in [3.8, 4) is 0 Å². The number of aliphatic imine (C=N–C) groups is 1. The molecular weight excluding hydrogens is 208 g/mol. The quantitative estimate of drug-likeness (QED) is 0.729. The maximum atomic E-state index is 4.62. The van der Waals surface area contributed by atoms with Crippen LogP contribution in [0.25, 0.3) is 0 Å². The van der Waals surface area contributed by atoms with Gasteiger partial charge in [0.2, 0.25) is 0 Å². The molecule has 0 aromatic carbocycles. The van der Waals surface area contributed by atoms with Gasteiger partial charge in [0.05, 0.1) is 0 Å². The monoisotopic (exact) mass is 236 g/mol. The van der Waals surface area contributed by atoms with Crippen molar-refractivity contribution in [3.63, 3.8) is 0 Å². The zero-order valence-corrected chi connectivity index (χ0v) is 11.6. The molecule has 0 saturated heterocycles. The molecule has 1 saturated carbocycles. The molecule has 2 aliphatic rings. The molecule has 17 heavy (non-hydrogen) atoms. The maximum Gasteiger partial charge on any atom is 0.0496 e. The molecule has 2 heteroatoms. The highest BCUT2D eigenvalue weighted by molar-refractivity contribution is 5.58. The summed E-state index contributed by atoms with van der Waals surface area (Å²) in [4.78, 5) is 7.03. The van der Waals surface area contributed by atoms with Crippen molar-refractivity contribution in [3.05, 3.63) is 0 Å². The minimum Gasteiger partial charge on any atom is -0.306 e. The molecule has 1 atom stereocenters. The van der Waals surface area contributed by atoms with Crippen molar-refractivity contribution in [1.29, 1.82) is 0 Å². The van der Waals surface area contributed by atoms with Gasteiger partial charge in [0.15, 0.2) is 0 Å². The Morgan fingerprint density at radius 1 is 1.06 bits per heavy atom. The van der Waals surface area contributed by atoms with Gasteiger partial charge in [0.1, 0.15) is 0 Å². The van der Waals surface area contributed by atoms with E-state index in [0.717, 1.165) is 12.0 Å². The number of hydrogen-bond donors (Lipinski definition) is 0. The summed E-state index contributed by atoms with van der Waals surface area (Å²) >= 11 is 0. The van der Waals surface area contributed by atoms with Crippen molar-refractivity contribution < 1.29 is 0 Å². The van der Waals surface area contributed by atoms with Crippen molar-refractivity contribution in [2.45, 2.75) is 69.9 Å². The molecule has 0 N–H and O–H groups in total. The Labute approximate surface area is 106 Å². The molecule has 0 bridgehead atoms. The first kappa shape index (κ1) is 13.1. The van der Waals surface area contributed by atoms with Crippen molar-refractivity contribution >= 4 is 6.21 Å². The fourth-order valence-electron chi connectivity index (χ4n) is 3.34. The second-order valence-electron chi connectivity index (χ2n) is 6.13. The van der Waals surface area contributed by atoms with E-state index in [1.807, 2.05) is 0 Å². The lowest BCUT2D eigenvalue weighted by molar-refractivity contribution is 0.186. The van der Waals surface area contributed by atoms with Gasteiger partial charge in [-0.2, -0.15) is 0 Å². The van der Waals surface area contributed by atoms with Gasteiger partial charge in [0.25, 0.3) is 0 Å². The largest absolute Gasteiger partial charge is 0.306 e. The summed E-state index contributed by atoms with van der Waals surface area (Å²) in [6.07, 6.45) is 14.5. The second kappa shape index (κ2) is 6.53. The Balaban J connectivity index is 1.64. The predicted octanol–water partition coefficient (Wildman–Crippen LogP) is 3.51. The van der Waals surface area contributed by atoms with Crippen LogP contribution in [0.3, 0.4) is 0 Å². The highest BCUT2D eigenvalue weighted by Gasteiger charge is 2.23. The topological polar surface area (TPSA) is 15.6 Å². The fraction of sp³-hybridized carbons (Fsp3) is 0.933. The molecule has 2 rings (SSSR count). The number of rotatable bonds is 4. The van der Waals surface area contributed by atoms with Gasteiger partial charge in [-0.3, -0.25) is 4.99 Å². The molecular formula is C15H28N2. The molecule has 0 aromatic heterocycles. The van der Waals surface area contributed by atoms with Gasteiger partial charge >= 0.3 is 0 Å². The normalized spacial score (nSPS) is 34.2. The molecule has 1 aliphatic carbocycles. The van der Waals surface area contributed by atoms with Gasteiger partial charge in [-0.25, -0.2) is 0 Å². The Morgan fingerprint density at radius 3 is 2.41 bits per heavy atom. The lowest BCUT2D eigenvalue weighted by Crippen LogP contribution is -2.32. The van der Waals surface area contributed by atoms with E-state index < -0.39 is 0 Å². The molecule has 1 fully saturated rings. The number of hydrogen-bond acceptors (Lipinski definition) is 2. The van der Waals surface area contributed by atoms with Gasteiger partial charge in [-0.15, -0.1) is 0 Å². The van der Waals surface area contributed by atoms with Gasteiger partial charge in [0, 0.05) is 12.1 Å². The van der Waals surface area contributed by atoms with E-state index >= 15 is 0 Å². The maximum absolute atomic E-state index is 4.62. The summed E-state index contributed by atoms with van der Waals surface area (Å²) in [6, 6.07) is 1.51. The van der Waals surface area contributed by atoms with Crippen LogP contribution < -0.4 is 0 Å². The summed E-state index contributed by atoms with van der Waals surface area (Å²) in [5, 5.41) is 0. The van der Waals surface area contributed by atoms with Gasteiger partial charge < -0.3 is 4.90 Å². The smallest absolute Gasteiger partial charge is 0.0496 e. The number of nitrogens with zero attached hydrogens (tertiary/aromatic N) is 2. The summed E-state index contributed by atoms with van der Waals surface area (Å²) in [5.74, 6) is 0.989. The zero-order chi connectivity index (χ0) is 12.1. The molecule has 1 aliphatic heterocycles. The third kappa shape index (κ3) is 4.09. The van der Waals surface area contributed by atoms with E-state index in [1.54, 1.807) is 0 Å². The molecule has 1 heterocycles. The van der Waals surface area contributed by atoms with Crippen LogP contribution in [0.2, 0.25) is 0 Å². The van der Waals surface area contributed by atoms with Crippen LogP contribution in [0.15, 0.2) is 4.99 Å². The minimum absolute atomic E-state index is 0.662. The Bertz CT molecular complexity index is 239. The average molecular weight is 236 g/mol. The first-order chi connectivity index (χ1) is 8.25. The van der Waals surface area contributed by atoms with Crippen LogP contribution in [0.4, 0.5) is 0 Å². The summed E-state index contributed by atoms with van der Waals surface area (Å²) in [6.45, 7) is 0. The van der Waals surface area contributed by atoms with Crippen LogP contribution in [0.5, 0.6) is 0 Å². The van der Waals surface area contributed by atoms with Gasteiger partial charge in [-0.05, 0) is 84.0 Å². The molecule has 0 radical (unpaired) electrons. The van der Waals surface area contributed by atoms with Crippen molar-refractivity contribution in [2.75, 3.05) is 14.1 Å². The van der Waals surface area contributed by atoms with Crippen LogP contribution in [-0.2, 0) is 0 Å². The Hall–Kier alpha value is -0.370. The summed E-state index contributed by atoms with van der Waals surface area (Å²) < 4.78 is 0. The Morgan fingerprint density at radius 2 is 1.82 bits per heavy atom. The average Bonchev–Trinajstić information content (AvgIpc) is 2.38. The second-order valence-corrected chi connectivity index (χ2v) is 6.13. The zero-order valence-electron chi connectivity index (χ0n) is 11.6. The van der Waals surface area contributed by atoms with Gasteiger partial charge in [-0.1, -0.05) is 0 Å². The van der Waals surface area contributed by atoms with E-state index in [0.29, 0.717) is 6.04 Å². The van der Waals surface area contributed by atoms with Crippen molar-refractivity contribution in [1.82, 2.24) is 4.90 Å². The van der Waals surface area contributed by atoms with Crippen LogP contribution in [-0.4, -0.2) is 37.3 Å². The standard InChI is InChI=1S/C15H28N2/c1-17(2)15-10-7-13(8-11-15)6-9-14-5-3-4-12-16-14/h12-15H,3-11H2,1-2H3. The lowest BCUT2D eigenvalue weighted by atomic mass is 9.82. The Kier molecular flexibility index (Phi) is 5.02. The van der Waals surface area contributed by atoms with E-state index in [2.05, 4.69) is 30.2 Å². The molecule has 0 spiro atoms. The van der Waals surface area contributed by atoms with Crippen molar-refractivity contribution in [2.24, 2.45) is 10.9 Å². The third-order valence-corrected chi connectivity index (χ3v) is 4.64. The highest BCUT2D eigenvalue weighted by atomic mass is 15.1. The first-order valence-electron chi connectivity index (χ1n) is 7.44.